The Kier molecular flexibility index (Phi) is 49.0. The number of allylic oxidation sites excluding steroid dienone is 21. The highest BCUT2D eigenvalue weighted by Gasteiger charge is 2.17. The molecule has 350 valence electrons. The fraction of sp³-hybridized carbons (Fsp3) is 0.603. The average Bonchev–Trinajstić information content (AvgIpc) is 3.28. The van der Waals surface area contributed by atoms with E-state index < -0.39 is 12.1 Å². The number of carbonyl (C=O) groups excluding carboxylic acids is 1. The lowest BCUT2D eigenvalue weighted by Crippen LogP contribution is -2.45. The molecule has 0 rings (SSSR count). The van der Waals surface area contributed by atoms with Crippen molar-refractivity contribution in [2.24, 2.45) is 0 Å². The molecule has 0 aromatic carbocycles. The Bertz CT molecular complexity index is 1290. The molecule has 0 heterocycles. The van der Waals surface area contributed by atoms with Gasteiger partial charge in [-0.25, -0.2) is 0 Å². The number of carbonyl (C=O) groups is 1. The van der Waals surface area contributed by atoms with Gasteiger partial charge in [-0.1, -0.05) is 230 Å². The SMILES string of the molecule is C/C=C/CC/C=C/CC/C=C/C(O)C(CO)NC(=O)CCCCCCCCCCCCCCCCCC/C=C\C/C=C\C/C=C\C/C=C\C/C=C\C/C=C\C/C=C\C/C=C\CC. The Hall–Kier alpha value is -3.47. The topological polar surface area (TPSA) is 69.6 Å². The second-order valence-corrected chi connectivity index (χ2v) is 16.5. The Morgan fingerprint density at radius 1 is 0.419 bits per heavy atom. The van der Waals surface area contributed by atoms with Crippen LogP contribution in [0.5, 0.6) is 0 Å². The summed E-state index contributed by atoms with van der Waals surface area (Å²) in [4.78, 5) is 12.4. The molecule has 0 saturated carbocycles. The number of aliphatic hydroxyl groups excluding tert-OH is 2. The van der Waals surface area contributed by atoms with Gasteiger partial charge in [-0.15, -0.1) is 0 Å². The van der Waals surface area contributed by atoms with Gasteiger partial charge in [0.15, 0.2) is 0 Å². The van der Waals surface area contributed by atoms with Crippen LogP contribution < -0.4 is 5.32 Å². The molecule has 0 bridgehead atoms. The number of hydrogen-bond acceptors (Lipinski definition) is 3. The quantitative estimate of drug-likeness (QED) is 0.0422. The summed E-state index contributed by atoms with van der Waals surface area (Å²) in [7, 11) is 0. The molecule has 62 heavy (non-hydrogen) atoms. The number of aliphatic hydroxyl groups is 2. The van der Waals surface area contributed by atoms with Crippen LogP contribution in [-0.2, 0) is 4.79 Å². The van der Waals surface area contributed by atoms with Crippen LogP contribution in [0.3, 0.4) is 0 Å². The molecule has 0 aliphatic heterocycles. The van der Waals surface area contributed by atoms with Crippen LogP contribution in [0.4, 0.5) is 0 Å². The molecule has 2 atom stereocenters. The van der Waals surface area contributed by atoms with E-state index in [0.717, 1.165) is 89.9 Å². The third kappa shape index (κ3) is 47.6. The summed E-state index contributed by atoms with van der Waals surface area (Å²) in [6, 6.07) is -0.650. The molecule has 0 aliphatic carbocycles. The largest absolute Gasteiger partial charge is 0.394 e. The highest BCUT2D eigenvalue weighted by atomic mass is 16.3. The fourth-order valence-corrected chi connectivity index (χ4v) is 6.88. The minimum absolute atomic E-state index is 0.0863. The van der Waals surface area contributed by atoms with Gasteiger partial charge in [0, 0.05) is 6.42 Å². The first-order valence-electron chi connectivity index (χ1n) is 25.4. The van der Waals surface area contributed by atoms with Crippen molar-refractivity contribution in [2.45, 2.75) is 219 Å². The van der Waals surface area contributed by atoms with Crippen molar-refractivity contribution in [3.05, 3.63) is 134 Å². The monoisotopic (exact) mass is 854 g/mol. The molecule has 4 nitrogen and oxygen atoms in total. The first kappa shape index (κ1) is 58.5. The van der Waals surface area contributed by atoms with Crippen molar-refractivity contribution in [1.29, 1.82) is 0 Å². The number of unbranched alkanes of at least 4 members (excludes halogenated alkanes) is 18. The van der Waals surface area contributed by atoms with Crippen molar-refractivity contribution < 1.29 is 15.0 Å². The van der Waals surface area contributed by atoms with Crippen LogP contribution in [0.15, 0.2) is 134 Å². The van der Waals surface area contributed by atoms with E-state index in [-0.39, 0.29) is 12.5 Å². The van der Waals surface area contributed by atoms with E-state index in [1.165, 1.54) is 96.3 Å². The van der Waals surface area contributed by atoms with E-state index in [0.29, 0.717) is 6.42 Å². The van der Waals surface area contributed by atoms with Gasteiger partial charge >= 0.3 is 0 Å². The molecule has 3 N–H and O–H groups in total. The average molecular weight is 854 g/mol. The van der Waals surface area contributed by atoms with Crippen molar-refractivity contribution in [3.63, 3.8) is 0 Å². The smallest absolute Gasteiger partial charge is 0.220 e. The number of rotatable bonds is 44. The first-order valence-corrected chi connectivity index (χ1v) is 25.4. The summed E-state index contributed by atoms with van der Waals surface area (Å²) >= 11 is 0. The predicted molar refractivity (Wildman–Crippen MR) is 275 cm³/mol. The van der Waals surface area contributed by atoms with Crippen molar-refractivity contribution in [2.75, 3.05) is 6.61 Å². The summed E-state index contributed by atoms with van der Waals surface area (Å²) in [5.74, 6) is -0.0863. The summed E-state index contributed by atoms with van der Waals surface area (Å²) in [6.45, 7) is 3.93. The molecule has 1 amide bonds. The van der Waals surface area contributed by atoms with Gasteiger partial charge in [-0.2, -0.15) is 0 Å². The highest BCUT2D eigenvalue weighted by Crippen LogP contribution is 2.15. The summed E-state index contributed by atoms with van der Waals surface area (Å²) < 4.78 is 0. The standard InChI is InChI=1S/C58H95NO3/c1-3-5-7-9-11-13-14-15-16-17-18-19-20-21-22-23-24-25-26-27-28-29-30-31-32-33-34-35-36-37-38-39-40-41-42-43-44-46-48-50-52-54-58(62)59-56(55-60)57(61)53-51-49-47-45-12-10-8-6-4-2/h4-7,11-13,15-16,18-19,21-22,24-25,27-28,30-31,45,51,53,56-57,60-61H,3,8-10,14,17,20,23,26,29,32-44,46-50,52,54-55H2,1-2H3,(H,59,62)/b6-4+,7-5-,13-11-,16-15-,19-18-,22-21-,25-24-,28-27-,31-30-,45-12+,53-51+. The number of amides is 1. The first-order chi connectivity index (χ1) is 30.7. The van der Waals surface area contributed by atoms with Crippen molar-refractivity contribution in [1.82, 2.24) is 5.32 Å². The summed E-state index contributed by atoms with van der Waals surface area (Å²) in [5.41, 5.74) is 0. The molecule has 0 radical (unpaired) electrons. The Balaban J connectivity index is 3.52. The second-order valence-electron chi connectivity index (χ2n) is 16.5. The Morgan fingerprint density at radius 2 is 0.742 bits per heavy atom. The maximum absolute atomic E-state index is 12.4. The molecular weight excluding hydrogens is 759 g/mol. The highest BCUT2D eigenvalue weighted by molar-refractivity contribution is 5.76. The zero-order valence-corrected chi connectivity index (χ0v) is 40.1. The number of nitrogens with one attached hydrogen (secondary N) is 1. The lowest BCUT2D eigenvalue weighted by atomic mass is 10.0. The molecule has 4 heteroatoms. The molecule has 0 aromatic heterocycles. The van der Waals surface area contributed by atoms with Gasteiger partial charge in [0.05, 0.1) is 18.8 Å². The molecule has 2 unspecified atom stereocenters. The van der Waals surface area contributed by atoms with Gasteiger partial charge in [-0.05, 0) is 103 Å². The Labute approximate surface area is 383 Å². The predicted octanol–water partition coefficient (Wildman–Crippen LogP) is 16.7. The zero-order valence-electron chi connectivity index (χ0n) is 40.1. The maximum Gasteiger partial charge on any atom is 0.220 e. The van der Waals surface area contributed by atoms with E-state index in [9.17, 15) is 15.0 Å². The molecular formula is C58H95NO3. The second kappa shape index (κ2) is 51.9. The normalized spacial score (nSPS) is 14.1. The van der Waals surface area contributed by atoms with E-state index in [1.807, 2.05) is 13.0 Å². The van der Waals surface area contributed by atoms with Crippen LogP contribution >= 0.6 is 0 Å². The molecule has 0 spiro atoms. The van der Waals surface area contributed by atoms with Gasteiger partial charge in [-0.3, -0.25) is 4.79 Å². The maximum atomic E-state index is 12.4. The van der Waals surface area contributed by atoms with E-state index in [2.05, 4.69) is 134 Å². The van der Waals surface area contributed by atoms with Gasteiger partial charge in [0.2, 0.25) is 5.91 Å². The van der Waals surface area contributed by atoms with Gasteiger partial charge in [0.1, 0.15) is 0 Å². The summed E-state index contributed by atoms with van der Waals surface area (Å²) in [6.07, 6.45) is 81.9. The van der Waals surface area contributed by atoms with Crippen LogP contribution in [0.2, 0.25) is 0 Å². The Morgan fingerprint density at radius 3 is 1.13 bits per heavy atom. The lowest BCUT2D eigenvalue weighted by molar-refractivity contribution is -0.123. The third-order valence-corrected chi connectivity index (χ3v) is 10.7. The minimum Gasteiger partial charge on any atom is -0.394 e. The van der Waals surface area contributed by atoms with Crippen LogP contribution in [0, 0.1) is 0 Å². The van der Waals surface area contributed by atoms with Crippen LogP contribution in [0.1, 0.15) is 206 Å². The third-order valence-electron chi connectivity index (χ3n) is 10.7. The fourth-order valence-electron chi connectivity index (χ4n) is 6.88. The van der Waals surface area contributed by atoms with Gasteiger partial charge < -0.3 is 15.5 Å². The zero-order chi connectivity index (χ0) is 44.9. The molecule has 0 fully saturated rings. The van der Waals surface area contributed by atoms with Gasteiger partial charge in [0.25, 0.3) is 0 Å². The molecule has 0 saturated heterocycles. The van der Waals surface area contributed by atoms with Crippen LogP contribution in [0.25, 0.3) is 0 Å². The van der Waals surface area contributed by atoms with E-state index in [1.54, 1.807) is 6.08 Å². The van der Waals surface area contributed by atoms with E-state index in [4.69, 9.17) is 0 Å². The number of hydrogen-bond donors (Lipinski definition) is 3. The lowest BCUT2D eigenvalue weighted by Gasteiger charge is -2.19. The van der Waals surface area contributed by atoms with Crippen molar-refractivity contribution >= 4 is 5.91 Å². The minimum atomic E-state index is -0.874. The molecule has 0 aliphatic rings. The van der Waals surface area contributed by atoms with Crippen LogP contribution in [-0.4, -0.2) is 34.9 Å². The van der Waals surface area contributed by atoms with E-state index >= 15 is 0 Å². The molecule has 0 aromatic rings. The van der Waals surface area contributed by atoms with Crippen molar-refractivity contribution in [3.8, 4) is 0 Å². The summed E-state index contributed by atoms with van der Waals surface area (Å²) in [5, 5.41) is 22.9.